The zero-order chi connectivity index (χ0) is 15.9. The van der Waals surface area contributed by atoms with Crippen LogP contribution in [0.2, 0.25) is 0 Å². The summed E-state index contributed by atoms with van der Waals surface area (Å²) in [7, 11) is 0. The maximum atomic E-state index is 11.6. The lowest BCUT2D eigenvalue weighted by atomic mass is 9.94. The summed E-state index contributed by atoms with van der Waals surface area (Å²) >= 11 is 0. The highest BCUT2D eigenvalue weighted by Crippen LogP contribution is 2.28. The van der Waals surface area contributed by atoms with Gasteiger partial charge in [-0.25, -0.2) is 0 Å². The van der Waals surface area contributed by atoms with Crippen molar-refractivity contribution in [2.45, 2.75) is 77.8 Å². The SMILES string of the molecule is CCNC(C)(CCCCN(CCC(C)C)C1CC1)C(N)=O. The number of carbonyl (C=O) groups is 1. The van der Waals surface area contributed by atoms with Crippen LogP contribution in [0.25, 0.3) is 0 Å². The maximum absolute atomic E-state index is 11.6. The van der Waals surface area contributed by atoms with E-state index in [0.717, 1.165) is 37.8 Å². The van der Waals surface area contributed by atoms with E-state index in [0.29, 0.717) is 0 Å². The first-order valence-electron chi connectivity index (χ1n) is 8.68. The van der Waals surface area contributed by atoms with Gasteiger partial charge in [0, 0.05) is 6.04 Å². The van der Waals surface area contributed by atoms with Crippen LogP contribution in [-0.4, -0.2) is 42.0 Å². The fourth-order valence-corrected chi connectivity index (χ4v) is 2.82. The standard InChI is InChI=1S/C17H35N3O/c1-5-19-17(4,16(18)21)11-6-7-12-20(15-8-9-15)13-10-14(2)3/h14-15,19H,5-13H2,1-4H3,(H2,18,21). The minimum atomic E-state index is -0.545. The molecule has 0 aromatic rings. The van der Waals surface area contributed by atoms with Gasteiger partial charge < -0.3 is 16.0 Å². The quantitative estimate of drug-likeness (QED) is 0.544. The van der Waals surface area contributed by atoms with Crippen molar-refractivity contribution in [2.75, 3.05) is 19.6 Å². The Bertz CT molecular complexity index is 315. The summed E-state index contributed by atoms with van der Waals surface area (Å²) in [6.45, 7) is 11.7. The lowest BCUT2D eigenvalue weighted by Gasteiger charge is -2.28. The number of hydrogen-bond donors (Lipinski definition) is 2. The molecule has 0 spiro atoms. The molecule has 0 aromatic carbocycles. The Labute approximate surface area is 130 Å². The highest BCUT2D eigenvalue weighted by atomic mass is 16.1. The normalized spacial score (nSPS) is 18.2. The smallest absolute Gasteiger partial charge is 0.237 e. The second kappa shape index (κ2) is 8.74. The molecule has 1 unspecified atom stereocenters. The molecule has 3 N–H and O–H groups in total. The molecular formula is C17H35N3O. The number of unbranched alkanes of at least 4 members (excludes halogenated alkanes) is 1. The highest BCUT2D eigenvalue weighted by molar-refractivity contribution is 5.84. The molecule has 1 saturated carbocycles. The van der Waals surface area contributed by atoms with Crippen molar-refractivity contribution in [1.29, 1.82) is 0 Å². The average molecular weight is 297 g/mol. The Balaban J connectivity index is 2.28. The second-order valence-corrected chi connectivity index (χ2v) is 7.13. The number of likely N-dealkylation sites (N-methyl/N-ethyl adjacent to an activating group) is 1. The number of nitrogens with two attached hydrogens (primary N) is 1. The molecule has 1 aliphatic rings. The lowest BCUT2D eigenvalue weighted by Crippen LogP contribution is -2.53. The lowest BCUT2D eigenvalue weighted by molar-refractivity contribution is -0.124. The van der Waals surface area contributed by atoms with Gasteiger partial charge in [0.2, 0.25) is 5.91 Å². The zero-order valence-electron chi connectivity index (χ0n) is 14.5. The van der Waals surface area contributed by atoms with Gasteiger partial charge in [0.1, 0.15) is 0 Å². The van der Waals surface area contributed by atoms with Gasteiger partial charge in [0.25, 0.3) is 0 Å². The zero-order valence-corrected chi connectivity index (χ0v) is 14.5. The number of nitrogens with zero attached hydrogens (tertiary/aromatic N) is 1. The number of primary amides is 1. The number of rotatable bonds is 12. The molecule has 0 aromatic heterocycles. The van der Waals surface area contributed by atoms with Crippen molar-refractivity contribution < 1.29 is 4.79 Å². The Morgan fingerprint density at radius 3 is 2.48 bits per heavy atom. The molecule has 1 rings (SSSR count). The fraction of sp³-hybridized carbons (Fsp3) is 0.941. The average Bonchev–Trinajstić information content (AvgIpc) is 3.22. The molecule has 0 aliphatic heterocycles. The van der Waals surface area contributed by atoms with E-state index in [4.69, 9.17) is 5.73 Å². The molecule has 1 amide bonds. The minimum absolute atomic E-state index is 0.233. The topological polar surface area (TPSA) is 58.4 Å². The van der Waals surface area contributed by atoms with Crippen LogP contribution in [0.1, 0.15) is 66.2 Å². The Morgan fingerprint density at radius 2 is 2.00 bits per heavy atom. The van der Waals surface area contributed by atoms with E-state index in [1.165, 1.54) is 32.4 Å². The van der Waals surface area contributed by atoms with E-state index in [2.05, 4.69) is 24.1 Å². The molecule has 4 nitrogen and oxygen atoms in total. The summed E-state index contributed by atoms with van der Waals surface area (Å²) in [6.07, 6.45) is 7.06. The van der Waals surface area contributed by atoms with Crippen LogP contribution in [0.5, 0.6) is 0 Å². The van der Waals surface area contributed by atoms with Crippen LogP contribution in [0.15, 0.2) is 0 Å². The van der Waals surface area contributed by atoms with Gasteiger partial charge in [-0.3, -0.25) is 4.79 Å². The van der Waals surface area contributed by atoms with Crippen LogP contribution in [0.4, 0.5) is 0 Å². The molecule has 0 heterocycles. The van der Waals surface area contributed by atoms with Crippen LogP contribution >= 0.6 is 0 Å². The molecule has 1 fully saturated rings. The summed E-state index contributed by atoms with van der Waals surface area (Å²) in [5.41, 5.74) is 4.98. The molecule has 4 heteroatoms. The molecule has 0 radical (unpaired) electrons. The van der Waals surface area contributed by atoms with Crippen molar-refractivity contribution in [2.24, 2.45) is 11.7 Å². The van der Waals surface area contributed by atoms with Gasteiger partial charge >= 0.3 is 0 Å². The highest BCUT2D eigenvalue weighted by Gasteiger charge is 2.30. The van der Waals surface area contributed by atoms with Crippen molar-refractivity contribution in [3.05, 3.63) is 0 Å². The van der Waals surface area contributed by atoms with Crippen LogP contribution in [0.3, 0.4) is 0 Å². The largest absolute Gasteiger partial charge is 0.368 e. The van der Waals surface area contributed by atoms with Gasteiger partial charge in [-0.05, 0) is 71.0 Å². The number of hydrogen-bond acceptors (Lipinski definition) is 3. The van der Waals surface area contributed by atoms with Crippen molar-refractivity contribution in [3.8, 4) is 0 Å². The molecular weight excluding hydrogens is 262 g/mol. The molecule has 0 saturated heterocycles. The predicted molar refractivity (Wildman–Crippen MR) is 89.2 cm³/mol. The third-order valence-corrected chi connectivity index (χ3v) is 4.54. The van der Waals surface area contributed by atoms with Gasteiger partial charge in [-0.2, -0.15) is 0 Å². The van der Waals surface area contributed by atoms with Crippen LogP contribution < -0.4 is 11.1 Å². The van der Waals surface area contributed by atoms with Crippen molar-refractivity contribution >= 4 is 5.91 Å². The summed E-state index contributed by atoms with van der Waals surface area (Å²) < 4.78 is 0. The van der Waals surface area contributed by atoms with Crippen molar-refractivity contribution in [3.63, 3.8) is 0 Å². The Morgan fingerprint density at radius 1 is 1.33 bits per heavy atom. The molecule has 0 bridgehead atoms. The first kappa shape index (κ1) is 18.4. The van der Waals surface area contributed by atoms with E-state index in [1.807, 2.05) is 13.8 Å². The fourth-order valence-electron chi connectivity index (χ4n) is 2.82. The van der Waals surface area contributed by atoms with E-state index < -0.39 is 5.54 Å². The van der Waals surface area contributed by atoms with Gasteiger partial charge in [0.05, 0.1) is 5.54 Å². The number of amides is 1. The van der Waals surface area contributed by atoms with E-state index in [-0.39, 0.29) is 5.91 Å². The summed E-state index contributed by atoms with van der Waals surface area (Å²) in [5, 5.41) is 3.23. The molecule has 1 atom stereocenters. The van der Waals surface area contributed by atoms with Crippen molar-refractivity contribution in [1.82, 2.24) is 10.2 Å². The first-order chi connectivity index (χ1) is 9.89. The van der Waals surface area contributed by atoms with Crippen LogP contribution in [-0.2, 0) is 4.79 Å². The Hall–Kier alpha value is -0.610. The Kier molecular flexibility index (Phi) is 7.67. The third kappa shape index (κ3) is 6.79. The van der Waals surface area contributed by atoms with Gasteiger partial charge in [-0.1, -0.05) is 20.8 Å². The summed E-state index contributed by atoms with van der Waals surface area (Å²) in [4.78, 5) is 14.2. The van der Waals surface area contributed by atoms with E-state index >= 15 is 0 Å². The summed E-state index contributed by atoms with van der Waals surface area (Å²) in [6, 6.07) is 0.833. The first-order valence-corrected chi connectivity index (χ1v) is 8.68. The second-order valence-electron chi connectivity index (χ2n) is 7.13. The molecule has 1 aliphatic carbocycles. The third-order valence-electron chi connectivity index (χ3n) is 4.54. The van der Waals surface area contributed by atoms with Crippen LogP contribution in [0, 0.1) is 5.92 Å². The predicted octanol–water partition coefficient (Wildman–Crippen LogP) is 2.52. The molecule has 124 valence electrons. The minimum Gasteiger partial charge on any atom is -0.368 e. The maximum Gasteiger partial charge on any atom is 0.237 e. The van der Waals surface area contributed by atoms with Gasteiger partial charge in [0.15, 0.2) is 0 Å². The number of carbonyl (C=O) groups excluding carboxylic acids is 1. The van der Waals surface area contributed by atoms with Gasteiger partial charge in [-0.15, -0.1) is 0 Å². The monoisotopic (exact) mass is 297 g/mol. The van der Waals surface area contributed by atoms with E-state index in [9.17, 15) is 4.79 Å². The number of nitrogens with one attached hydrogen (secondary N) is 1. The van der Waals surface area contributed by atoms with E-state index in [1.54, 1.807) is 0 Å². The molecule has 21 heavy (non-hydrogen) atoms. The summed E-state index contributed by atoms with van der Waals surface area (Å²) in [5.74, 6) is 0.543.